The average Bonchev–Trinajstić information content (AvgIpc) is 2.02. The lowest BCUT2D eigenvalue weighted by molar-refractivity contribution is -0.134. The highest BCUT2D eigenvalue weighted by Crippen LogP contribution is 2.12. The molecule has 0 amide bonds. The van der Waals surface area contributed by atoms with Crippen molar-refractivity contribution < 1.29 is 9.53 Å². The smallest absolute Gasteiger partial charge is 0.330 e. The highest BCUT2D eigenvalue weighted by atomic mass is 16.5. The number of methoxy groups -OCH3 is 1. The van der Waals surface area contributed by atoms with Gasteiger partial charge < -0.3 is 4.74 Å². The van der Waals surface area contributed by atoms with Gasteiger partial charge in [-0.1, -0.05) is 19.4 Å². The number of allylic oxidation sites excluding steroid dienone is 1. The summed E-state index contributed by atoms with van der Waals surface area (Å²) in [5, 5.41) is 0. The van der Waals surface area contributed by atoms with E-state index in [0.717, 1.165) is 12.0 Å². The second-order valence-electron chi connectivity index (χ2n) is 2.72. The van der Waals surface area contributed by atoms with Crippen LogP contribution in [0.2, 0.25) is 0 Å². The molecule has 0 saturated carbocycles. The monoisotopic (exact) mass is 156 g/mol. The molecule has 0 fully saturated rings. The zero-order valence-corrected chi connectivity index (χ0v) is 7.68. The first-order valence-corrected chi connectivity index (χ1v) is 3.88. The Hall–Kier alpha value is -0.790. The fourth-order valence-electron chi connectivity index (χ4n) is 0.709. The van der Waals surface area contributed by atoms with Crippen molar-refractivity contribution in [3.8, 4) is 0 Å². The van der Waals surface area contributed by atoms with Crippen molar-refractivity contribution in [3.05, 3.63) is 11.6 Å². The summed E-state index contributed by atoms with van der Waals surface area (Å²) in [5.74, 6) is 0.205. The zero-order chi connectivity index (χ0) is 8.85. The first-order chi connectivity index (χ1) is 5.11. The molecule has 64 valence electrons. The van der Waals surface area contributed by atoms with Gasteiger partial charge in [0.2, 0.25) is 0 Å². The Balaban J connectivity index is 4.09. The van der Waals surface area contributed by atoms with Gasteiger partial charge in [-0.3, -0.25) is 0 Å². The van der Waals surface area contributed by atoms with Gasteiger partial charge in [0.25, 0.3) is 0 Å². The van der Waals surface area contributed by atoms with Crippen LogP contribution in [0.15, 0.2) is 11.6 Å². The molecule has 0 aromatic carbocycles. The van der Waals surface area contributed by atoms with Gasteiger partial charge in [-0.25, -0.2) is 4.79 Å². The minimum atomic E-state index is -0.261. The Morgan fingerprint density at radius 1 is 1.64 bits per heavy atom. The normalized spacial score (nSPS) is 14.4. The molecule has 0 N–H and O–H groups in total. The van der Waals surface area contributed by atoms with Crippen molar-refractivity contribution in [2.75, 3.05) is 7.11 Å². The van der Waals surface area contributed by atoms with Crippen LogP contribution in [0.25, 0.3) is 0 Å². The number of esters is 1. The van der Waals surface area contributed by atoms with Crippen LogP contribution in [0.3, 0.4) is 0 Å². The summed E-state index contributed by atoms with van der Waals surface area (Å²) in [4.78, 5) is 10.7. The Labute approximate surface area is 68.2 Å². The molecule has 0 aliphatic rings. The SMILES string of the molecule is CCC(C)/C(C)=C/C(=O)OC. The summed E-state index contributed by atoms with van der Waals surface area (Å²) in [6.45, 7) is 6.14. The van der Waals surface area contributed by atoms with Gasteiger partial charge >= 0.3 is 5.97 Å². The fraction of sp³-hybridized carbons (Fsp3) is 0.667. The van der Waals surface area contributed by atoms with E-state index in [1.807, 2.05) is 6.92 Å². The van der Waals surface area contributed by atoms with Gasteiger partial charge in [-0.15, -0.1) is 0 Å². The van der Waals surface area contributed by atoms with Gasteiger partial charge in [0, 0.05) is 6.08 Å². The number of hydrogen-bond donors (Lipinski definition) is 0. The van der Waals surface area contributed by atoms with E-state index in [1.54, 1.807) is 6.08 Å². The lowest BCUT2D eigenvalue weighted by atomic mass is 10.00. The van der Waals surface area contributed by atoms with Gasteiger partial charge in [-0.2, -0.15) is 0 Å². The quantitative estimate of drug-likeness (QED) is 0.462. The standard InChI is InChI=1S/C9H16O2/c1-5-7(2)8(3)6-9(10)11-4/h6-7H,5H2,1-4H3/b8-6+. The second-order valence-corrected chi connectivity index (χ2v) is 2.72. The molecule has 0 aromatic heterocycles. The predicted octanol–water partition coefficient (Wildman–Crippen LogP) is 2.15. The van der Waals surface area contributed by atoms with Crippen molar-refractivity contribution in [1.29, 1.82) is 0 Å². The lowest BCUT2D eigenvalue weighted by Crippen LogP contribution is -2.00. The van der Waals surface area contributed by atoms with Gasteiger partial charge in [-0.05, 0) is 19.3 Å². The summed E-state index contributed by atoms with van der Waals surface area (Å²) in [6, 6.07) is 0. The van der Waals surface area contributed by atoms with E-state index >= 15 is 0 Å². The molecule has 1 unspecified atom stereocenters. The summed E-state index contributed by atoms with van der Waals surface area (Å²) in [5.41, 5.74) is 1.08. The van der Waals surface area contributed by atoms with Crippen LogP contribution in [0.4, 0.5) is 0 Å². The number of carbonyl (C=O) groups is 1. The minimum Gasteiger partial charge on any atom is -0.466 e. The molecule has 0 bridgehead atoms. The summed E-state index contributed by atoms with van der Waals surface area (Å²) >= 11 is 0. The molecule has 0 aliphatic heterocycles. The molecule has 0 heterocycles. The van der Waals surface area contributed by atoms with Crippen molar-refractivity contribution in [3.63, 3.8) is 0 Å². The topological polar surface area (TPSA) is 26.3 Å². The average molecular weight is 156 g/mol. The molecule has 0 spiro atoms. The van der Waals surface area contributed by atoms with Gasteiger partial charge in [0.15, 0.2) is 0 Å². The molecule has 0 rings (SSSR count). The van der Waals surface area contributed by atoms with Crippen LogP contribution in [-0.2, 0) is 9.53 Å². The molecule has 0 radical (unpaired) electrons. The first-order valence-electron chi connectivity index (χ1n) is 3.88. The Morgan fingerprint density at radius 2 is 2.18 bits per heavy atom. The summed E-state index contributed by atoms with van der Waals surface area (Å²) < 4.78 is 4.50. The number of hydrogen-bond acceptors (Lipinski definition) is 2. The maximum atomic E-state index is 10.7. The molecule has 1 atom stereocenters. The zero-order valence-electron chi connectivity index (χ0n) is 7.68. The third-order valence-electron chi connectivity index (χ3n) is 1.94. The fourth-order valence-corrected chi connectivity index (χ4v) is 0.709. The highest BCUT2D eigenvalue weighted by molar-refractivity contribution is 5.82. The third-order valence-corrected chi connectivity index (χ3v) is 1.94. The molecule has 0 aromatic rings. The van der Waals surface area contributed by atoms with E-state index in [9.17, 15) is 4.79 Å². The largest absolute Gasteiger partial charge is 0.466 e. The molecule has 0 aliphatic carbocycles. The number of carbonyl (C=O) groups excluding carboxylic acids is 1. The van der Waals surface area contributed by atoms with Crippen LogP contribution in [0.5, 0.6) is 0 Å². The van der Waals surface area contributed by atoms with E-state index in [2.05, 4.69) is 18.6 Å². The predicted molar refractivity (Wildman–Crippen MR) is 45.2 cm³/mol. The van der Waals surface area contributed by atoms with Crippen LogP contribution >= 0.6 is 0 Å². The first kappa shape index (κ1) is 10.2. The van der Waals surface area contributed by atoms with Crippen molar-refractivity contribution in [2.24, 2.45) is 5.92 Å². The Bertz CT molecular complexity index is 159. The van der Waals surface area contributed by atoms with Crippen LogP contribution in [-0.4, -0.2) is 13.1 Å². The molecular formula is C9H16O2. The molecular weight excluding hydrogens is 140 g/mol. The maximum Gasteiger partial charge on any atom is 0.330 e. The second kappa shape index (κ2) is 4.94. The Morgan fingerprint density at radius 3 is 2.55 bits per heavy atom. The summed E-state index contributed by atoms with van der Waals surface area (Å²) in [7, 11) is 1.39. The van der Waals surface area contributed by atoms with Crippen LogP contribution in [0.1, 0.15) is 27.2 Å². The molecule has 2 nitrogen and oxygen atoms in total. The van der Waals surface area contributed by atoms with E-state index in [-0.39, 0.29) is 5.97 Å². The van der Waals surface area contributed by atoms with E-state index < -0.39 is 0 Å². The molecule has 2 heteroatoms. The Kier molecular flexibility index (Phi) is 4.59. The number of rotatable bonds is 3. The van der Waals surface area contributed by atoms with Crippen molar-refractivity contribution in [2.45, 2.75) is 27.2 Å². The minimum absolute atomic E-state index is 0.261. The summed E-state index contributed by atoms with van der Waals surface area (Å²) in [6.07, 6.45) is 2.60. The van der Waals surface area contributed by atoms with Crippen molar-refractivity contribution in [1.82, 2.24) is 0 Å². The van der Waals surface area contributed by atoms with E-state index in [4.69, 9.17) is 0 Å². The highest BCUT2D eigenvalue weighted by Gasteiger charge is 2.02. The van der Waals surface area contributed by atoms with Crippen LogP contribution < -0.4 is 0 Å². The van der Waals surface area contributed by atoms with Crippen LogP contribution in [0, 0.1) is 5.92 Å². The third kappa shape index (κ3) is 3.81. The van der Waals surface area contributed by atoms with E-state index in [0.29, 0.717) is 5.92 Å². The van der Waals surface area contributed by atoms with Crippen molar-refractivity contribution >= 4 is 5.97 Å². The molecule has 11 heavy (non-hydrogen) atoms. The van der Waals surface area contributed by atoms with E-state index in [1.165, 1.54) is 7.11 Å². The van der Waals surface area contributed by atoms with Gasteiger partial charge in [0.05, 0.1) is 7.11 Å². The van der Waals surface area contributed by atoms with Gasteiger partial charge in [0.1, 0.15) is 0 Å². The maximum absolute atomic E-state index is 10.7. The molecule has 0 saturated heterocycles. The lowest BCUT2D eigenvalue weighted by Gasteiger charge is -2.07. The number of ether oxygens (including phenoxy) is 1.